The van der Waals surface area contributed by atoms with Crippen LogP contribution in [0, 0.1) is 22.9 Å². The third-order valence-corrected chi connectivity index (χ3v) is 6.20. The number of nitrogens with two attached hydrogens (primary N) is 2. The second-order valence-corrected chi connectivity index (χ2v) is 7.59. The first-order valence-corrected chi connectivity index (χ1v) is 9.76. The Morgan fingerprint density at radius 1 is 0.957 bits per heavy atom. The van der Waals surface area contributed by atoms with Gasteiger partial charge in [-0.05, 0) is 18.3 Å². The summed E-state index contributed by atoms with van der Waals surface area (Å²) < 4.78 is 0. The molecule has 6 N–H and O–H groups in total. The van der Waals surface area contributed by atoms with Crippen LogP contribution in [-0.4, -0.2) is 21.8 Å². The third kappa shape index (κ3) is 8.31. The summed E-state index contributed by atoms with van der Waals surface area (Å²) in [5, 5.41) is 14.1. The molecule has 1 aliphatic carbocycles. The summed E-state index contributed by atoms with van der Waals surface area (Å²) in [6, 6.07) is 0. The van der Waals surface area contributed by atoms with Crippen molar-refractivity contribution in [2.75, 3.05) is 11.5 Å². The van der Waals surface area contributed by atoms with Crippen molar-refractivity contribution in [1.82, 2.24) is 0 Å². The van der Waals surface area contributed by atoms with Crippen LogP contribution in [0.1, 0.15) is 44.9 Å². The van der Waals surface area contributed by atoms with E-state index in [4.69, 9.17) is 22.7 Å². The average molecular weight is 359 g/mol. The molecule has 8 nitrogen and oxygen atoms in total. The molecule has 1 fully saturated rings. The molecule has 1 rings (SSSR count). The van der Waals surface area contributed by atoms with E-state index in [2.05, 4.69) is 20.4 Å². The van der Waals surface area contributed by atoms with Crippen LogP contribution in [0.25, 0.3) is 0 Å². The van der Waals surface area contributed by atoms with Gasteiger partial charge in [-0.3, -0.25) is 0 Å². The summed E-state index contributed by atoms with van der Waals surface area (Å²) in [6.45, 7) is 0. The van der Waals surface area contributed by atoms with Gasteiger partial charge in [0.1, 0.15) is 0 Å². The Kier molecular flexibility index (Phi) is 10.6. The zero-order valence-corrected chi connectivity index (χ0v) is 14.9. The van der Waals surface area contributed by atoms with E-state index in [1.807, 2.05) is 0 Å². The van der Waals surface area contributed by atoms with Crippen molar-refractivity contribution in [2.24, 2.45) is 44.0 Å². The fourth-order valence-electron chi connectivity index (χ4n) is 2.74. The molecule has 0 unspecified atom stereocenters. The lowest BCUT2D eigenvalue weighted by atomic mass is 9.84. The van der Waals surface area contributed by atoms with E-state index in [0.717, 1.165) is 23.8 Å². The van der Waals surface area contributed by atoms with E-state index in [-0.39, 0.29) is 10.3 Å². The minimum absolute atomic E-state index is 0.288. The molecule has 0 aromatic heterocycles. The Labute approximate surface area is 145 Å². The molecule has 1 aliphatic rings. The fraction of sp³-hybridized carbons (Fsp3) is 0.846. The first kappa shape index (κ1) is 19.9. The van der Waals surface area contributed by atoms with Crippen molar-refractivity contribution >= 4 is 33.9 Å². The summed E-state index contributed by atoms with van der Waals surface area (Å²) in [4.78, 5) is 0. The summed E-state index contributed by atoms with van der Waals surface area (Å²) in [7, 11) is 0. The van der Waals surface area contributed by atoms with Crippen LogP contribution in [0.4, 0.5) is 0 Å². The normalized spacial score (nSPS) is 18.6. The van der Waals surface area contributed by atoms with Crippen molar-refractivity contribution in [1.29, 1.82) is 11.1 Å². The molecule has 0 atom stereocenters. The molecule has 10 heteroatoms. The van der Waals surface area contributed by atoms with E-state index in [1.165, 1.54) is 62.0 Å². The molecule has 0 heterocycles. The number of amidine groups is 2. The predicted octanol–water partition coefficient (Wildman–Crippen LogP) is 3.95. The summed E-state index contributed by atoms with van der Waals surface area (Å²) in [6.07, 6.45) is 9.05. The maximum atomic E-state index is 7.01. The summed E-state index contributed by atoms with van der Waals surface area (Å²) in [5.41, 5.74) is 14.0. The number of hydrogen-bond donors (Lipinski definition) is 4. The topological polar surface area (TPSA) is 149 Å². The van der Waals surface area contributed by atoms with Gasteiger partial charge in [-0.15, -0.1) is 10.2 Å². The third-order valence-electron chi connectivity index (χ3n) is 4.02. The standard InChI is InChI=1S/C13H26N8S2/c14-18-12(19-15)22-8-11(9-23-13(20-16)21-17)7-6-10-4-2-1-3-5-10/h10-11,14,16H,1-9,15,17H2. The van der Waals surface area contributed by atoms with Gasteiger partial charge in [0.05, 0.1) is 0 Å². The van der Waals surface area contributed by atoms with Gasteiger partial charge in [0.25, 0.3) is 0 Å². The highest BCUT2D eigenvalue weighted by Crippen LogP contribution is 2.30. The Morgan fingerprint density at radius 2 is 1.48 bits per heavy atom. The Balaban J connectivity index is 2.48. The Morgan fingerprint density at radius 3 is 1.91 bits per heavy atom. The van der Waals surface area contributed by atoms with Crippen molar-refractivity contribution in [3.05, 3.63) is 0 Å². The lowest BCUT2D eigenvalue weighted by Gasteiger charge is -2.24. The highest BCUT2D eigenvalue weighted by molar-refractivity contribution is 8.14. The van der Waals surface area contributed by atoms with Gasteiger partial charge in [0.2, 0.25) is 10.3 Å². The second kappa shape index (κ2) is 12.3. The van der Waals surface area contributed by atoms with E-state index in [0.29, 0.717) is 5.92 Å². The van der Waals surface area contributed by atoms with Gasteiger partial charge >= 0.3 is 0 Å². The molecule has 23 heavy (non-hydrogen) atoms. The molecule has 0 amide bonds. The fourth-order valence-corrected chi connectivity index (χ4v) is 4.51. The average Bonchev–Trinajstić information content (AvgIpc) is 2.61. The van der Waals surface area contributed by atoms with Gasteiger partial charge in [-0.25, -0.2) is 11.1 Å². The molecule has 0 aromatic rings. The van der Waals surface area contributed by atoms with Crippen LogP contribution in [0.5, 0.6) is 0 Å². The molecule has 0 aliphatic heterocycles. The first-order valence-electron chi connectivity index (χ1n) is 7.79. The van der Waals surface area contributed by atoms with Crippen LogP contribution in [0.15, 0.2) is 20.4 Å². The Hall–Kier alpha value is -1.16. The number of nitrogens with zero attached hydrogens (tertiary/aromatic N) is 4. The van der Waals surface area contributed by atoms with Crippen molar-refractivity contribution in [2.45, 2.75) is 44.9 Å². The number of hydrazone groups is 2. The van der Waals surface area contributed by atoms with Crippen LogP contribution in [-0.2, 0) is 0 Å². The molecule has 0 radical (unpaired) electrons. The van der Waals surface area contributed by atoms with Crippen molar-refractivity contribution in [3.63, 3.8) is 0 Å². The highest BCUT2D eigenvalue weighted by atomic mass is 32.2. The number of rotatable bonds is 7. The molecule has 0 bridgehead atoms. The van der Waals surface area contributed by atoms with Crippen molar-refractivity contribution < 1.29 is 0 Å². The zero-order chi connectivity index (χ0) is 16.9. The van der Waals surface area contributed by atoms with Crippen LogP contribution >= 0.6 is 23.5 Å². The molecular formula is C13H26N8S2. The number of thioether (sulfide) groups is 2. The largest absolute Gasteiger partial charge is 0.321 e. The van der Waals surface area contributed by atoms with Crippen molar-refractivity contribution in [3.8, 4) is 0 Å². The number of nitrogens with one attached hydrogen (secondary N) is 2. The maximum Gasteiger partial charge on any atom is 0.226 e. The molecular weight excluding hydrogens is 332 g/mol. The summed E-state index contributed by atoms with van der Waals surface area (Å²) in [5.74, 6) is 13.2. The molecule has 0 aromatic carbocycles. The summed E-state index contributed by atoms with van der Waals surface area (Å²) >= 11 is 2.78. The van der Waals surface area contributed by atoms with Crippen LogP contribution in [0.2, 0.25) is 0 Å². The highest BCUT2D eigenvalue weighted by Gasteiger charge is 2.18. The van der Waals surface area contributed by atoms with E-state index < -0.39 is 0 Å². The second-order valence-electron chi connectivity index (χ2n) is 5.62. The van der Waals surface area contributed by atoms with E-state index in [9.17, 15) is 0 Å². The molecule has 0 saturated heterocycles. The maximum absolute atomic E-state index is 7.01. The van der Waals surface area contributed by atoms with Gasteiger partial charge in [0.15, 0.2) is 0 Å². The first-order chi connectivity index (χ1) is 11.2. The Bertz CT molecular complexity index is 392. The quantitative estimate of drug-likeness (QED) is 0.179. The molecule has 1 saturated carbocycles. The molecule has 0 spiro atoms. The lowest BCUT2D eigenvalue weighted by Crippen LogP contribution is -2.14. The SMILES string of the molecule is N=NC(=NN)SCC(CCC1CCCCC1)CSC(N=N)=NN. The number of hydrogen-bond acceptors (Lipinski definition) is 8. The van der Waals surface area contributed by atoms with E-state index >= 15 is 0 Å². The van der Waals surface area contributed by atoms with Crippen LogP contribution in [0.3, 0.4) is 0 Å². The van der Waals surface area contributed by atoms with Gasteiger partial charge in [-0.1, -0.05) is 62.0 Å². The minimum Gasteiger partial charge on any atom is -0.321 e. The zero-order valence-electron chi connectivity index (χ0n) is 13.3. The monoisotopic (exact) mass is 358 g/mol. The lowest BCUT2D eigenvalue weighted by molar-refractivity contribution is 0.319. The van der Waals surface area contributed by atoms with Gasteiger partial charge < -0.3 is 11.7 Å². The van der Waals surface area contributed by atoms with Crippen LogP contribution < -0.4 is 11.7 Å². The molecule has 130 valence electrons. The predicted molar refractivity (Wildman–Crippen MR) is 97.8 cm³/mol. The smallest absolute Gasteiger partial charge is 0.226 e. The van der Waals surface area contributed by atoms with Gasteiger partial charge in [-0.2, -0.15) is 10.2 Å². The van der Waals surface area contributed by atoms with E-state index in [1.54, 1.807) is 0 Å². The van der Waals surface area contributed by atoms with Gasteiger partial charge in [0, 0.05) is 11.5 Å². The minimum atomic E-state index is 0.288.